The van der Waals surface area contributed by atoms with Gasteiger partial charge in [0.2, 0.25) is 11.8 Å². The Morgan fingerprint density at radius 2 is 1.74 bits per heavy atom. The van der Waals surface area contributed by atoms with Crippen LogP contribution >= 0.6 is 11.6 Å². The van der Waals surface area contributed by atoms with Crippen LogP contribution in [0.15, 0.2) is 24.3 Å². The van der Waals surface area contributed by atoms with Gasteiger partial charge in [0.15, 0.2) is 5.60 Å². The molecule has 4 aliphatic carbocycles. The largest absolute Gasteiger partial charge is 0.478 e. The summed E-state index contributed by atoms with van der Waals surface area (Å²) in [5.74, 6) is 0.810. The van der Waals surface area contributed by atoms with Gasteiger partial charge in [-0.05, 0) is 88.0 Å². The number of ether oxygens (including phenoxy) is 1. The molecule has 7 nitrogen and oxygen atoms in total. The topological polar surface area (TPSA) is 111 Å². The van der Waals surface area contributed by atoms with E-state index in [1.54, 1.807) is 38.1 Å². The molecule has 0 saturated heterocycles. The van der Waals surface area contributed by atoms with Gasteiger partial charge in [0.05, 0.1) is 12.0 Å². The van der Waals surface area contributed by atoms with Crippen LogP contribution < -0.4 is 21.1 Å². The van der Waals surface area contributed by atoms with E-state index in [4.69, 9.17) is 22.1 Å². The van der Waals surface area contributed by atoms with Crippen molar-refractivity contribution >= 4 is 29.3 Å². The monoisotopic (exact) mass is 447 g/mol. The van der Waals surface area contributed by atoms with E-state index in [0.717, 1.165) is 32.1 Å². The first-order valence-electron chi connectivity index (χ1n) is 10.9. The van der Waals surface area contributed by atoms with Gasteiger partial charge in [0.1, 0.15) is 5.75 Å². The molecule has 0 radical (unpaired) electrons. The highest BCUT2D eigenvalue weighted by atomic mass is 35.5. The lowest BCUT2D eigenvalue weighted by Gasteiger charge is -2.59. The SMILES string of the molecule is CC(C)(Oc1ccc(Cl)cc1)C(=O)NC1C2CC3CC1CC(C(=O)NCC(N)=O)(C3)C2. The Morgan fingerprint density at radius 1 is 1.13 bits per heavy atom. The molecule has 31 heavy (non-hydrogen) atoms. The van der Waals surface area contributed by atoms with Crippen molar-refractivity contribution in [3.05, 3.63) is 29.3 Å². The Morgan fingerprint density at radius 3 is 2.32 bits per heavy atom. The zero-order chi connectivity index (χ0) is 22.4. The second-order valence-electron chi connectivity index (χ2n) is 9.96. The summed E-state index contributed by atoms with van der Waals surface area (Å²) in [4.78, 5) is 37.1. The van der Waals surface area contributed by atoms with Gasteiger partial charge in [-0.15, -0.1) is 0 Å². The molecule has 2 atom stereocenters. The van der Waals surface area contributed by atoms with Gasteiger partial charge in [-0.3, -0.25) is 14.4 Å². The minimum absolute atomic E-state index is 0.0363. The maximum atomic E-state index is 13.1. The number of hydrogen-bond acceptors (Lipinski definition) is 4. The highest BCUT2D eigenvalue weighted by molar-refractivity contribution is 6.30. The number of amides is 3. The molecular formula is C23H30ClN3O4. The normalized spacial score (nSPS) is 31.2. The van der Waals surface area contributed by atoms with Crippen molar-refractivity contribution in [1.82, 2.24) is 10.6 Å². The predicted octanol–water partition coefficient (Wildman–Crippen LogP) is 2.41. The van der Waals surface area contributed by atoms with Crippen LogP contribution in [0.4, 0.5) is 0 Å². The fourth-order valence-corrected chi connectivity index (χ4v) is 6.19. The smallest absolute Gasteiger partial charge is 0.263 e. The molecule has 1 aromatic carbocycles. The van der Waals surface area contributed by atoms with Gasteiger partial charge in [-0.1, -0.05) is 11.6 Å². The van der Waals surface area contributed by atoms with E-state index in [1.165, 1.54) is 0 Å². The first-order chi connectivity index (χ1) is 14.6. The minimum Gasteiger partial charge on any atom is -0.478 e. The second-order valence-corrected chi connectivity index (χ2v) is 10.4. The van der Waals surface area contributed by atoms with E-state index in [2.05, 4.69) is 10.6 Å². The van der Waals surface area contributed by atoms with Crippen molar-refractivity contribution in [1.29, 1.82) is 0 Å². The van der Waals surface area contributed by atoms with E-state index in [1.807, 2.05) is 0 Å². The number of rotatable bonds is 7. The summed E-state index contributed by atoms with van der Waals surface area (Å²) in [6.07, 6.45) is 4.36. The number of carbonyl (C=O) groups is 3. The predicted molar refractivity (Wildman–Crippen MR) is 116 cm³/mol. The number of halogens is 1. The van der Waals surface area contributed by atoms with E-state index >= 15 is 0 Å². The van der Waals surface area contributed by atoms with Crippen molar-refractivity contribution in [2.45, 2.75) is 57.6 Å². The van der Waals surface area contributed by atoms with E-state index in [9.17, 15) is 14.4 Å². The van der Waals surface area contributed by atoms with E-state index in [0.29, 0.717) is 16.7 Å². The molecule has 0 heterocycles. The highest BCUT2D eigenvalue weighted by Gasteiger charge is 2.59. The maximum absolute atomic E-state index is 13.1. The molecule has 3 amide bonds. The average molecular weight is 448 g/mol. The molecule has 1 aromatic rings. The van der Waals surface area contributed by atoms with Crippen LogP contribution in [0.2, 0.25) is 5.02 Å². The summed E-state index contributed by atoms with van der Waals surface area (Å²) in [5.41, 5.74) is 3.71. The first-order valence-corrected chi connectivity index (χ1v) is 11.3. The second kappa shape index (κ2) is 8.01. The Bertz CT molecular complexity index is 869. The minimum atomic E-state index is -1.04. The summed E-state index contributed by atoms with van der Waals surface area (Å²) in [6, 6.07) is 6.98. The highest BCUT2D eigenvalue weighted by Crippen LogP contribution is 2.60. The van der Waals surface area contributed by atoms with Crippen LogP contribution in [0.25, 0.3) is 0 Å². The number of nitrogens with one attached hydrogen (secondary N) is 2. The maximum Gasteiger partial charge on any atom is 0.263 e. The third-order valence-corrected chi connectivity index (χ3v) is 7.46. The quantitative estimate of drug-likeness (QED) is 0.596. The molecule has 8 heteroatoms. The zero-order valence-electron chi connectivity index (χ0n) is 17.9. The molecule has 5 rings (SSSR count). The van der Waals surface area contributed by atoms with Gasteiger partial charge >= 0.3 is 0 Å². The summed E-state index contributed by atoms with van der Waals surface area (Å²) < 4.78 is 5.95. The lowest BCUT2D eigenvalue weighted by molar-refractivity contribution is -0.153. The summed E-state index contributed by atoms with van der Waals surface area (Å²) in [5, 5.41) is 6.57. The van der Waals surface area contributed by atoms with Gasteiger partial charge in [0, 0.05) is 11.1 Å². The third kappa shape index (κ3) is 4.38. The lowest BCUT2D eigenvalue weighted by Crippen LogP contribution is -2.64. The number of hydrogen-bond donors (Lipinski definition) is 3. The Kier molecular flexibility index (Phi) is 5.66. The van der Waals surface area contributed by atoms with Gasteiger partial charge in [0.25, 0.3) is 5.91 Å². The van der Waals surface area contributed by atoms with Crippen molar-refractivity contribution in [3.63, 3.8) is 0 Å². The molecule has 4 aliphatic rings. The molecule has 0 aliphatic heterocycles. The van der Waals surface area contributed by atoms with Crippen LogP contribution in [-0.2, 0) is 14.4 Å². The Hall–Kier alpha value is -2.28. The van der Waals surface area contributed by atoms with E-state index in [-0.39, 0.29) is 36.2 Å². The summed E-state index contributed by atoms with van der Waals surface area (Å²) in [6.45, 7) is 3.38. The molecule has 4 saturated carbocycles. The summed E-state index contributed by atoms with van der Waals surface area (Å²) in [7, 11) is 0. The molecule has 2 unspecified atom stereocenters. The van der Waals surface area contributed by atoms with Crippen LogP contribution in [0, 0.1) is 23.2 Å². The van der Waals surface area contributed by atoms with Gasteiger partial charge < -0.3 is 21.1 Å². The molecule has 0 aromatic heterocycles. The van der Waals surface area contributed by atoms with Crippen molar-refractivity contribution in [2.75, 3.05) is 6.54 Å². The number of carbonyl (C=O) groups excluding carboxylic acids is 3. The van der Waals surface area contributed by atoms with Crippen LogP contribution in [0.5, 0.6) is 5.75 Å². The molecular weight excluding hydrogens is 418 g/mol. The Balaban J connectivity index is 1.42. The number of nitrogens with two attached hydrogens (primary N) is 1. The fourth-order valence-electron chi connectivity index (χ4n) is 6.06. The average Bonchev–Trinajstić information content (AvgIpc) is 2.69. The molecule has 4 fully saturated rings. The molecule has 0 spiro atoms. The lowest BCUT2D eigenvalue weighted by atomic mass is 9.47. The third-order valence-electron chi connectivity index (χ3n) is 7.21. The standard InChI is InChI=1S/C23H30ClN3O4/c1-22(2,31-17-5-3-16(24)4-6-17)20(29)27-19-14-7-13-8-15(19)11-23(9-13,10-14)21(30)26-12-18(25)28/h3-6,13-15,19H,7-12H2,1-2H3,(H2,25,28)(H,26,30)(H,27,29). The summed E-state index contributed by atoms with van der Waals surface area (Å²) >= 11 is 5.93. The fraction of sp³-hybridized carbons (Fsp3) is 0.609. The Labute approximate surface area is 187 Å². The molecule has 4 N–H and O–H groups in total. The van der Waals surface area contributed by atoms with Gasteiger partial charge in [-0.25, -0.2) is 0 Å². The molecule has 4 bridgehead atoms. The first kappa shape index (κ1) is 21.9. The van der Waals surface area contributed by atoms with Crippen LogP contribution in [0.3, 0.4) is 0 Å². The van der Waals surface area contributed by atoms with E-state index < -0.39 is 16.9 Å². The van der Waals surface area contributed by atoms with Gasteiger partial charge in [-0.2, -0.15) is 0 Å². The van der Waals surface area contributed by atoms with Crippen molar-refractivity contribution < 1.29 is 19.1 Å². The molecule has 168 valence electrons. The van der Waals surface area contributed by atoms with Crippen molar-refractivity contribution in [3.8, 4) is 5.75 Å². The van der Waals surface area contributed by atoms with Crippen LogP contribution in [0.1, 0.15) is 46.0 Å². The number of benzene rings is 1. The van der Waals surface area contributed by atoms with Crippen LogP contribution in [-0.4, -0.2) is 35.9 Å². The number of primary amides is 1. The zero-order valence-corrected chi connectivity index (χ0v) is 18.7. The van der Waals surface area contributed by atoms with Crippen molar-refractivity contribution in [2.24, 2.45) is 28.9 Å².